The molecule has 0 aliphatic carbocycles. The highest BCUT2D eigenvalue weighted by Crippen LogP contribution is 2.31. The molecule has 0 aromatic carbocycles. The van der Waals surface area contributed by atoms with Crippen LogP contribution >= 0.6 is 11.8 Å². The second-order valence-corrected chi connectivity index (χ2v) is 8.93. The van der Waals surface area contributed by atoms with Crippen LogP contribution in [0.2, 0.25) is 0 Å². The van der Waals surface area contributed by atoms with Crippen molar-refractivity contribution in [1.29, 1.82) is 0 Å². The van der Waals surface area contributed by atoms with E-state index in [2.05, 4.69) is 10.6 Å². The summed E-state index contributed by atoms with van der Waals surface area (Å²) in [6.07, 6.45) is -1.36. The molecule has 0 radical (unpaired) electrons. The minimum atomic E-state index is -3.64. The van der Waals surface area contributed by atoms with Crippen molar-refractivity contribution in [2.75, 3.05) is 33.4 Å². The molecule has 0 saturated heterocycles. The number of nitro groups is 1. The van der Waals surface area contributed by atoms with Crippen LogP contribution in [0.4, 0.5) is 0 Å². The van der Waals surface area contributed by atoms with Gasteiger partial charge in [-0.05, 0) is 32.6 Å². The van der Waals surface area contributed by atoms with Crippen LogP contribution in [0.15, 0.2) is 22.0 Å². The van der Waals surface area contributed by atoms with Crippen molar-refractivity contribution in [3.63, 3.8) is 0 Å². The second kappa shape index (κ2) is 13.0. The van der Waals surface area contributed by atoms with E-state index >= 15 is 0 Å². The highest BCUT2D eigenvalue weighted by atomic mass is 32.2. The molecule has 0 bridgehead atoms. The molecule has 0 saturated carbocycles. The number of nitrogens with one attached hydrogen (secondary N) is 2. The van der Waals surface area contributed by atoms with Gasteiger partial charge in [-0.1, -0.05) is 0 Å². The molecule has 0 aliphatic rings. The Hall–Kier alpha value is -3.30. The van der Waals surface area contributed by atoms with Crippen LogP contribution in [-0.2, 0) is 26.7 Å². The van der Waals surface area contributed by atoms with Gasteiger partial charge in [0.25, 0.3) is 5.60 Å². The van der Waals surface area contributed by atoms with Gasteiger partial charge >= 0.3 is 23.6 Å². The monoisotopic (exact) mass is 518 g/mol. The molecule has 196 valence electrons. The number of rotatable bonds is 16. The fraction of sp³-hybridized carbons (Fsp3) is 0.550. The first-order valence-electron chi connectivity index (χ1n) is 10.3. The average molecular weight is 519 g/mol. The van der Waals surface area contributed by atoms with Crippen molar-refractivity contribution < 1.29 is 44.2 Å². The molecule has 35 heavy (non-hydrogen) atoms. The maximum absolute atomic E-state index is 11.8. The van der Waals surface area contributed by atoms with E-state index in [-0.39, 0.29) is 6.54 Å². The van der Waals surface area contributed by atoms with Gasteiger partial charge in [0, 0.05) is 19.3 Å². The number of carboxylic acids is 3. The third-order valence-corrected chi connectivity index (χ3v) is 5.84. The van der Waals surface area contributed by atoms with Crippen LogP contribution in [-0.4, -0.2) is 87.2 Å². The fourth-order valence-electron chi connectivity index (χ4n) is 3.24. The highest BCUT2D eigenvalue weighted by Gasteiger charge is 2.60. The van der Waals surface area contributed by atoms with E-state index in [4.69, 9.17) is 9.52 Å². The number of hydrogen-bond donors (Lipinski definition) is 6. The van der Waals surface area contributed by atoms with Crippen molar-refractivity contribution in [3.8, 4) is 0 Å². The number of carbonyl (C=O) groups is 3. The Morgan fingerprint density at radius 3 is 2.37 bits per heavy atom. The van der Waals surface area contributed by atoms with Crippen molar-refractivity contribution in [2.45, 2.75) is 31.2 Å². The standard InChI is InChI=1S/C20H30N4O10S/c1-11-7-12(34-14(11)9-23(3)4)10-35-6-5-22-17(21-2)16(24(32)33)20(31,19(29)30)13(18(27)28)8-15(25)26/h7,13,21-22,31H,5-6,8-10H2,1-4H3,(H,25,26)(H,27,28)(H,29,30). The van der Waals surface area contributed by atoms with Gasteiger partial charge in [-0.25, -0.2) is 4.79 Å². The molecule has 15 heteroatoms. The van der Waals surface area contributed by atoms with Crippen LogP contribution in [0.5, 0.6) is 0 Å². The molecular formula is C20H30N4O10S. The average Bonchev–Trinajstić information content (AvgIpc) is 3.07. The van der Waals surface area contributed by atoms with Crippen LogP contribution < -0.4 is 10.6 Å². The third-order valence-electron chi connectivity index (χ3n) is 4.86. The van der Waals surface area contributed by atoms with E-state index in [1.54, 1.807) is 0 Å². The molecule has 2 unspecified atom stereocenters. The van der Waals surface area contributed by atoms with Crippen molar-refractivity contribution in [1.82, 2.24) is 15.5 Å². The molecule has 0 amide bonds. The van der Waals surface area contributed by atoms with E-state index < -0.39 is 52.3 Å². The quantitative estimate of drug-likeness (QED) is 0.0974. The van der Waals surface area contributed by atoms with Crippen molar-refractivity contribution >= 4 is 29.7 Å². The molecular weight excluding hydrogens is 488 g/mol. The minimum Gasteiger partial charge on any atom is -0.481 e. The molecule has 0 fully saturated rings. The van der Waals surface area contributed by atoms with Gasteiger partial charge in [-0.15, -0.1) is 0 Å². The molecule has 6 N–H and O–H groups in total. The lowest BCUT2D eigenvalue weighted by molar-refractivity contribution is -0.446. The number of furan rings is 1. The second-order valence-electron chi connectivity index (χ2n) is 7.83. The Morgan fingerprint density at radius 1 is 1.29 bits per heavy atom. The lowest BCUT2D eigenvalue weighted by Gasteiger charge is -2.27. The Labute approximate surface area is 205 Å². The van der Waals surface area contributed by atoms with Gasteiger partial charge in [0.1, 0.15) is 17.4 Å². The minimum absolute atomic E-state index is 0.0643. The first kappa shape index (κ1) is 29.7. The maximum atomic E-state index is 11.8. The molecule has 14 nitrogen and oxygen atoms in total. The molecule has 1 heterocycles. The molecule has 1 aromatic heterocycles. The Balaban J connectivity index is 3.05. The maximum Gasteiger partial charge on any atom is 0.348 e. The number of aliphatic carboxylic acids is 3. The Bertz CT molecular complexity index is 977. The zero-order valence-corrected chi connectivity index (χ0v) is 20.5. The molecule has 2 atom stereocenters. The van der Waals surface area contributed by atoms with Gasteiger partial charge in [-0.2, -0.15) is 11.8 Å². The topological polar surface area (TPSA) is 216 Å². The lowest BCUT2D eigenvalue weighted by Crippen LogP contribution is -2.55. The zero-order valence-electron chi connectivity index (χ0n) is 19.7. The fourth-order valence-corrected chi connectivity index (χ4v) is 3.98. The summed E-state index contributed by atoms with van der Waals surface area (Å²) in [6.45, 7) is 2.64. The van der Waals surface area contributed by atoms with Gasteiger partial charge in [0.2, 0.25) is 0 Å². The SMILES string of the molecule is CNC(NCCSCc1cc(C)c(CN(C)C)o1)=C([N+](=O)[O-])C(O)(C(=O)O)C(CC(=O)O)C(=O)O. The van der Waals surface area contributed by atoms with Crippen LogP contribution in [0.25, 0.3) is 0 Å². The summed E-state index contributed by atoms with van der Waals surface area (Å²) in [6, 6.07) is 1.91. The lowest BCUT2D eigenvalue weighted by atomic mass is 9.81. The van der Waals surface area contributed by atoms with Crippen molar-refractivity contribution in [3.05, 3.63) is 44.8 Å². The van der Waals surface area contributed by atoms with Gasteiger partial charge < -0.3 is 40.4 Å². The van der Waals surface area contributed by atoms with E-state index in [1.165, 1.54) is 18.8 Å². The molecule has 1 aromatic rings. The summed E-state index contributed by atoms with van der Waals surface area (Å²) in [4.78, 5) is 46.9. The highest BCUT2D eigenvalue weighted by molar-refractivity contribution is 7.98. The van der Waals surface area contributed by atoms with Crippen LogP contribution in [0.3, 0.4) is 0 Å². The van der Waals surface area contributed by atoms with E-state index in [1.807, 2.05) is 32.0 Å². The van der Waals surface area contributed by atoms with Gasteiger partial charge in [-0.3, -0.25) is 19.7 Å². The molecule has 0 aliphatic heterocycles. The smallest absolute Gasteiger partial charge is 0.348 e. The van der Waals surface area contributed by atoms with E-state index in [0.717, 1.165) is 17.1 Å². The predicted octanol–water partition coefficient (Wildman–Crippen LogP) is 0.129. The van der Waals surface area contributed by atoms with Crippen LogP contribution in [0.1, 0.15) is 23.5 Å². The first-order chi connectivity index (χ1) is 16.2. The van der Waals surface area contributed by atoms with E-state index in [9.17, 15) is 39.8 Å². The molecule has 0 spiro atoms. The van der Waals surface area contributed by atoms with Crippen molar-refractivity contribution in [2.24, 2.45) is 5.92 Å². The number of carboxylic acid groups (broad SMARTS) is 3. The van der Waals surface area contributed by atoms with Gasteiger partial charge in [0.05, 0.1) is 23.6 Å². The Morgan fingerprint density at radius 2 is 1.91 bits per heavy atom. The largest absolute Gasteiger partial charge is 0.481 e. The summed E-state index contributed by atoms with van der Waals surface area (Å²) >= 11 is 1.41. The number of hydrogen-bond acceptors (Lipinski definition) is 11. The summed E-state index contributed by atoms with van der Waals surface area (Å²) in [7, 11) is 5.03. The summed E-state index contributed by atoms with van der Waals surface area (Å²) in [5.41, 5.74) is -4.05. The third kappa shape index (κ3) is 7.87. The molecule has 1 rings (SSSR count). The summed E-state index contributed by atoms with van der Waals surface area (Å²) in [5.74, 6) is -6.70. The zero-order chi connectivity index (χ0) is 26.9. The number of nitrogens with zero attached hydrogens (tertiary/aromatic N) is 2. The predicted molar refractivity (Wildman–Crippen MR) is 124 cm³/mol. The number of aliphatic hydroxyl groups is 1. The number of thioether (sulfide) groups is 1. The first-order valence-corrected chi connectivity index (χ1v) is 11.4. The summed E-state index contributed by atoms with van der Waals surface area (Å²) < 4.78 is 5.80. The Kier molecular flexibility index (Phi) is 11.0. The van der Waals surface area contributed by atoms with Crippen LogP contribution in [0, 0.1) is 23.0 Å². The van der Waals surface area contributed by atoms with E-state index in [0.29, 0.717) is 18.1 Å². The number of aryl methyl sites for hydroxylation is 1. The van der Waals surface area contributed by atoms with Gasteiger partial charge in [0.15, 0.2) is 5.82 Å². The summed E-state index contributed by atoms with van der Waals surface area (Å²) in [5, 5.41) is 55.2. The normalized spacial score (nSPS) is 14.6.